The van der Waals surface area contributed by atoms with E-state index < -0.39 is 0 Å². The molecule has 0 N–H and O–H groups in total. The van der Waals surface area contributed by atoms with Gasteiger partial charge in [-0.05, 0) is 59.7 Å². The standard InChI is InChI=1S/C41H37N5/c1-40(2,3)37-42-38(41(4,5)6)44-39(43-37)46-34-19-13-11-17-30(34)32-25-27(21-23-36(32)46)26-20-22-35-31(24-26)29-16-10-12-18-33(29)45(35)28-14-8-7-9-15-28/h7-25H,1-6H3. The Kier molecular flexibility index (Phi) is 6.20. The van der Waals surface area contributed by atoms with Crippen molar-refractivity contribution >= 4 is 43.6 Å². The first kappa shape index (κ1) is 28.2. The number of hydrogen-bond acceptors (Lipinski definition) is 3. The first-order chi connectivity index (χ1) is 22.1. The summed E-state index contributed by atoms with van der Waals surface area (Å²) in [6.07, 6.45) is 0. The van der Waals surface area contributed by atoms with Crippen molar-refractivity contribution in [3.8, 4) is 22.8 Å². The number of para-hydroxylation sites is 3. The molecule has 0 unspecified atom stereocenters. The van der Waals surface area contributed by atoms with Gasteiger partial charge in [-0.3, -0.25) is 4.57 Å². The maximum atomic E-state index is 5.07. The third kappa shape index (κ3) is 4.49. The van der Waals surface area contributed by atoms with Crippen LogP contribution in [0.15, 0.2) is 115 Å². The minimum Gasteiger partial charge on any atom is -0.309 e. The summed E-state index contributed by atoms with van der Waals surface area (Å²) in [5.74, 6) is 2.26. The van der Waals surface area contributed by atoms with Crippen molar-refractivity contribution in [3.05, 3.63) is 127 Å². The lowest BCUT2D eigenvalue weighted by molar-refractivity contribution is 0.493. The summed E-state index contributed by atoms with van der Waals surface area (Å²) in [5.41, 5.74) is 7.67. The Balaban J connectivity index is 1.34. The molecule has 5 nitrogen and oxygen atoms in total. The molecule has 5 heteroatoms. The molecule has 0 bridgehead atoms. The quantitative estimate of drug-likeness (QED) is 0.203. The zero-order valence-electron chi connectivity index (χ0n) is 27.2. The van der Waals surface area contributed by atoms with Crippen LogP contribution in [0.25, 0.3) is 66.4 Å². The van der Waals surface area contributed by atoms with Crippen molar-refractivity contribution in [2.75, 3.05) is 0 Å². The Labute approximate surface area is 269 Å². The first-order valence-electron chi connectivity index (χ1n) is 16.0. The van der Waals surface area contributed by atoms with Gasteiger partial charge in [-0.1, -0.05) is 108 Å². The smallest absolute Gasteiger partial charge is 0.238 e. The van der Waals surface area contributed by atoms with Crippen molar-refractivity contribution in [2.24, 2.45) is 0 Å². The highest BCUT2D eigenvalue weighted by Crippen LogP contribution is 2.38. The van der Waals surface area contributed by atoms with E-state index in [1.807, 2.05) is 0 Å². The largest absolute Gasteiger partial charge is 0.309 e. The predicted molar refractivity (Wildman–Crippen MR) is 191 cm³/mol. The van der Waals surface area contributed by atoms with E-state index in [9.17, 15) is 0 Å². The molecule has 0 amide bonds. The number of fused-ring (bicyclic) bond motifs is 6. The second-order valence-corrected chi connectivity index (χ2v) is 14.3. The minimum absolute atomic E-state index is 0.216. The molecule has 0 saturated carbocycles. The second kappa shape index (κ2) is 10.1. The van der Waals surface area contributed by atoms with E-state index in [1.165, 1.54) is 49.4 Å². The van der Waals surface area contributed by atoms with Gasteiger partial charge in [0.1, 0.15) is 11.6 Å². The zero-order valence-corrected chi connectivity index (χ0v) is 27.2. The molecule has 8 rings (SSSR count). The normalized spacial score (nSPS) is 12.6. The number of aromatic nitrogens is 5. The number of rotatable bonds is 3. The van der Waals surface area contributed by atoms with Crippen LogP contribution in [-0.2, 0) is 10.8 Å². The van der Waals surface area contributed by atoms with Crippen LogP contribution in [-0.4, -0.2) is 24.1 Å². The summed E-state index contributed by atoms with van der Waals surface area (Å²) in [6, 6.07) is 41.5. The van der Waals surface area contributed by atoms with E-state index in [-0.39, 0.29) is 10.8 Å². The lowest BCUT2D eigenvalue weighted by Crippen LogP contribution is -2.25. The van der Waals surface area contributed by atoms with Crippen molar-refractivity contribution in [3.63, 3.8) is 0 Å². The number of benzene rings is 5. The Hall–Kier alpha value is -5.29. The molecule has 5 aromatic carbocycles. The van der Waals surface area contributed by atoms with Gasteiger partial charge in [0.25, 0.3) is 0 Å². The summed E-state index contributed by atoms with van der Waals surface area (Å²) in [4.78, 5) is 15.1. The van der Waals surface area contributed by atoms with Crippen LogP contribution in [0, 0.1) is 0 Å². The highest BCUT2D eigenvalue weighted by atomic mass is 15.2. The first-order valence-corrected chi connectivity index (χ1v) is 16.0. The fourth-order valence-electron chi connectivity index (χ4n) is 6.51. The fraction of sp³-hybridized carbons (Fsp3) is 0.195. The lowest BCUT2D eigenvalue weighted by atomic mass is 9.93. The summed E-state index contributed by atoms with van der Waals surface area (Å²) in [7, 11) is 0. The van der Waals surface area contributed by atoms with Gasteiger partial charge in [-0.15, -0.1) is 0 Å². The molecule has 0 atom stereocenters. The van der Waals surface area contributed by atoms with Gasteiger partial charge in [0, 0.05) is 38.1 Å². The highest BCUT2D eigenvalue weighted by molar-refractivity contribution is 6.12. The van der Waals surface area contributed by atoms with E-state index in [2.05, 4.69) is 166 Å². The average molecular weight is 600 g/mol. The minimum atomic E-state index is -0.216. The molecule has 3 heterocycles. The van der Waals surface area contributed by atoms with Crippen molar-refractivity contribution in [1.82, 2.24) is 24.1 Å². The predicted octanol–water partition coefficient (Wildman–Crippen LogP) is 10.3. The van der Waals surface area contributed by atoms with Gasteiger partial charge in [-0.2, -0.15) is 9.97 Å². The zero-order chi connectivity index (χ0) is 31.8. The molecule has 0 aliphatic rings. The molecule has 0 aliphatic heterocycles. The fourth-order valence-corrected chi connectivity index (χ4v) is 6.51. The molecule has 0 radical (unpaired) electrons. The maximum absolute atomic E-state index is 5.07. The molecule has 8 aromatic rings. The third-order valence-corrected chi connectivity index (χ3v) is 8.86. The van der Waals surface area contributed by atoms with Crippen molar-refractivity contribution in [2.45, 2.75) is 52.4 Å². The van der Waals surface area contributed by atoms with Crippen LogP contribution in [0.4, 0.5) is 0 Å². The Morgan fingerprint density at radius 2 is 0.848 bits per heavy atom. The molecular weight excluding hydrogens is 562 g/mol. The van der Waals surface area contributed by atoms with Gasteiger partial charge in [-0.25, -0.2) is 4.98 Å². The van der Waals surface area contributed by atoms with Crippen LogP contribution in [0.1, 0.15) is 53.2 Å². The summed E-state index contributed by atoms with van der Waals surface area (Å²) in [5, 5.41) is 4.85. The summed E-state index contributed by atoms with van der Waals surface area (Å²) < 4.78 is 4.56. The van der Waals surface area contributed by atoms with Crippen LogP contribution >= 0.6 is 0 Å². The lowest BCUT2D eigenvalue weighted by Gasteiger charge is -2.23. The van der Waals surface area contributed by atoms with Gasteiger partial charge in [0.05, 0.1) is 22.1 Å². The highest BCUT2D eigenvalue weighted by Gasteiger charge is 2.27. The summed E-state index contributed by atoms with van der Waals surface area (Å²) in [6.45, 7) is 12.9. The van der Waals surface area contributed by atoms with Crippen molar-refractivity contribution < 1.29 is 0 Å². The number of hydrogen-bond donors (Lipinski definition) is 0. The van der Waals surface area contributed by atoms with Gasteiger partial charge >= 0.3 is 0 Å². The maximum Gasteiger partial charge on any atom is 0.238 e. The average Bonchev–Trinajstić information content (AvgIpc) is 3.56. The Morgan fingerprint density at radius 1 is 0.413 bits per heavy atom. The Morgan fingerprint density at radius 3 is 1.37 bits per heavy atom. The molecule has 0 saturated heterocycles. The van der Waals surface area contributed by atoms with Gasteiger partial charge in [0.15, 0.2) is 0 Å². The molecule has 0 fully saturated rings. The molecular formula is C41H37N5. The monoisotopic (exact) mass is 599 g/mol. The third-order valence-electron chi connectivity index (χ3n) is 8.86. The van der Waals surface area contributed by atoms with Crippen LogP contribution in [0.5, 0.6) is 0 Å². The Bertz CT molecular complexity index is 2400. The van der Waals surface area contributed by atoms with E-state index >= 15 is 0 Å². The SMILES string of the molecule is CC(C)(C)c1nc(-n2c3ccccc3c3cc(-c4ccc5c(c4)c4ccccc4n5-c4ccccc4)ccc32)nc(C(C)(C)C)n1. The summed E-state index contributed by atoms with van der Waals surface area (Å²) >= 11 is 0. The molecule has 0 spiro atoms. The number of nitrogens with zero attached hydrogens (tertiary/aromatic N) is 5. The van der Waals surface area contributed by atoms with Gasteiger partial charge < -0.3 is 4.57 Å². The van der Waals surface area contributed by atoms with E-state index in [0.29, 0.717) is 5.95 Å². The van der Waals surface area contributed by atoms with Crippen LogP contribution in [0.3, 0.4) is 0 Å². The van der Waals surface area contributed by atoms with Gasteiger partial charge in [0.2, 0.25) is 5.95 Å². The molecule has 226 valence electrons. The van der Waals surface area contributed by atoms with E-state index in [4.69, 9.17) is 15.0 Å². The molecule has 46 heavy (non-hydrogen) atoms. The van der Waals surface area contributed by atoms with Crippen molar-refractivity contribution in [1.29, 1.82) is 0 Å². The second-order valence-electron chi connectivity index (χ2n) is 14.3. The topological polar surface area (TPSA) is 48.5 Å². The van der Waals surface area contributed by atoms with E-state index in [0.717, 1.165) is 22.7 Å². The van der Waals surface area contributed by atoms with E-state index in [1.54, 1.807) is 0 Å². The van der Waals surface area contributed by atoms with Crippen LogP contribution in [0.2, 0.25) is 0 Å². The molecule has 0 aliphatic carbocycles. The van der Waals surface area contributed by atoms with Crippen LogP contribution < -0.4 is 0 Å². The molecule has 3 aromatic heterocycles.